The Balaban J connectivity index is 1.67. The summed E-state index contributed by atoms with van der Waals surface area (Å²) >= 11 is 0. The van der Waals surface area contributed by atoms with E-state index in [2.05, 4.69) is 17.1 Å². The van der Waals surface area contributed by atoms with Gasteiger partial charge < -0.3 is 36.0 Å². The molecule has 0 bridgehead atoms. The van der Waals surface area contributed by atoms with Gasteiger partial charge in [0, 0.05) is 62.5 Å². The van der Waals surface area contributed by atoms with Crippen molar-refractivity contribution in [3.63, 3.8) is 0 Å². The van der Waals surface area contributed by atoms with Crippen LogP contribution in [0.3, 0.4) is 0 Å². The summed E-state index contributed by atoms with van der Waals surface area (Å²) < 4.78 is 0. The highest BCUT2D eigenvalue weighted by Gasteiger charge is 2.66. The van der Waals surface area contributed by atoms with E-state index in [1.807, 2.05) is 25.1 Å². The van der Waals surface area contributed by atoms with Crippen molar-refractivity contribution in [2.75, 3.05) is 46.2 Å². The molecular weight excluding hydrogens is 516 g/mol. The van der Waals surface area contributed by atoms with Crippen LogP contribution < -0.4 is 10.6 Å². The number of anilines is 1. The quantitative estimate of drug-likeness (QED) is 0.249. The number of nitrogens with two attached hydrogens (primary N) is 1. The summed E-state index contributed by atoms with van der Waals surface area (Å²) in [6.45, 7) is 1.94. The maximum absolute atomic E-state index is 14.1. The summed E-state index contributed by atoms with van der Waals surface area (Å²) in [7, 11) is 6.99. The highest BCUT2D eigenvalue weighted by molar-refractivity contribution is 6.16. The molecule has 2 unspecified atom stereocenters. The van der Waals surface area contributed by atoms with Crippen LogP contribution in [0.4, 0.5) is 5.69 Å². The first-order valence-corrected chi connectivity index (χ1v) is 13.6. The van der Waals surface area contributed by atoms with Crippen LogP contribution >= 0.6 is 0 Å². The van der Waals surface area contributed by atoms with Crippen molar-refractivity contribution < 1.29 is 34.8 Å². The number of allylic oxidation sites excluding steroid dienone is 1. The van der Waals surface area contributed by atoms with Gasteiger partial charge in [0.25, 0.3) is 0 Å². The highest BCUT2D eigenvalue weighted by Crippen LogP contribution is 2.53. The van der Waals surface area contributed by atoms with E-state index < -0.39 is 58.7 Å². The Morgan fingerprint density at radius 2 is 1.88 bits per heavy atom. The summed E-state index contributed by atoms with van der Waals surface area (Å²) in [6.07, 6.45) is 3.90. The van der Waals surface area contributed by atoms with Gasteiger partial charge in [0.2, 0.25) is 5.91 Å². The molecule has 216 valence electrons. The van der Waals surface area contributed by atoms with E-state index in [0.717, 1.165) is 18.7 Å². The molecule has 3 aliphatic carbocycles. The van der Waals surface area contributed by atoms with E-state index in [1.54, 1.807) is 19.0 Å². The Morgan fingerprint density at radius 3 is 2.45 bits per heavy atom. The number of likely N-dealkylation sites (N-methyl/N-ethyl adjacent to an activating group) is 1. The molecule has 5 rings (SSSR count). The Morgan fingerprint density at radius 1 is 1.18 bits per heavy atom. The number of hydrogen-bond donors (Lipinski definition) is 5. The lowest BCUT2D eigenvalue weighted by molar-refractivity contribution is -0.178. The summed E-state index contributed by atoms with van der Waals surface area (Å²) in [5.74, 6) is -7.27. The summed E-state index contributed by atoms with van der Waals surface area (Å²) in [5.41, 5.74) is 4.73. The molecule has 0 radical (unpaired) electrons. The van der Waals surface area contributed by atoms with Crippen molar-refractivity contribution in [1.82, 2.24) is 9.80 Å². The number of hydrogen-bond acceptors (Lipinski definition) is 10. The number of carbonyl (C=O) groups excluding carboxylic acids is 3. The predicted molar refractivity (Wildman–Crippen MR) is 147 cm³/mol. The van der Waals surface area contributed by atoms with Gasteiger partial charge in [-0.15, -0.1) is 0 Å². The number of nitrogens with zero attached hydrogens (tertiary/aromatic N) is 3. The first-order chi connectivity index (χ1) is 18.8. The van der Waals surface area contributed by atoms with Gasteiger partial charge in [-0.2, -0.15) is 0 Å². The van der Waals surface area contributed by atoms with Crippen LogP contribution in [0.5, 0.6) is 5.75 Å². The number of aliphatic hydroxyl groups is 3. The minimum Gasteiger partial charge on any atom is -0.508 e. The number of amides is 1. The third-order valence-electron chi connectivity index (χ3n) is 9.17. The van der Waals surface area contributed by atoms with Gasteiger partial charge in [0.1, 0.15) is 17.4 Å². The molecule has 4 aliphatic rings. The van der Waals surface area contributed by atoms with Gasteiger partial charge in [0.15, 0.2) is 17.2 Å². The summed E-state index contributed by atoms with van der Waals surface area (Å²) in [4.78, 5) is 45.5. The fourth-order valence-electron chi connectivity index (χ4n) is 7.30. The molecule has 0 spiro atoms. The predicted octanol–water partition coefficient (Wildman–Crippen LogP) is 0.114. The molecule has 6 N–H and O–H groups in total. The second kappa shape index (κ2) is 9.99. The molecule has 1 saturated carbocycles. The fraction of sp³-hybridized carbons (Fsp3) is 0.552. The first kappa shape index (κ1) is 28.3. The van der Waals surface area contributed by atoms with E-state index >= 15 is 0 Å². The first-order valence-electron chi connectivity index (χ1n) is 13.6. The normalized spacial score (nSPS) is 32.1. The summed E-state index contributed by atoms with van der Waals surface area (Å²) in [6, 6.07) is 0.990. The van der Waals surface area contributed by atoms with Crippen molar-refractivity contribution in [3.05, 3.63) is 46.2 Å². The number of phenolic OH excluding ortho intramolecular Hbond substituents is 1. The van der Waals surface area contributed by atoms with E-state index in [-0.39, 0.29) is 29.7 Å². The molecule has 1 fully saturated rings. The van der Waals surface area contributed by atoms with Crippen LogP contribution in [0.1, 0.15) is 34.3 Å². The zero-order valence-electron chi connectivity index (χ0n) is 23.3. The monoisotopic (exact) mass is 554 g/mol. The topological polar surface area (TPSA) is 168 Å². The maximum Gasteiger partial charge on any atom is 0.230 e. The average Bonchev–Trinajstić information content (AvgIpc) is 2.87. The SMILES string of the molecule is CN(C)c1cc(CN2CC=CCC2)c(O)c2c1C[C@H]1C[C@H]3[C@H](N(C)C)C(O)C(C(N)=O)C(=O)[C@@]3(O)C(O)=C1C2=O. The van der Waals surface area contributed by atoms with Crippen LogP contribution in [0, 0.1) is 17.8 Å². The smallest absolute Gasteiger partial charge is 0.230 e. The lowest BCUT2D eigenvalue weighted by Crippen LogP contribution is -2.71. The van der Waals surface area contributed by atoms with Crippen molar-refractivity contribution >= 4 is 23.2 Å². The minimum atomic E-state index is -2.59. The average molecular weight is 555 g/mol. The lowest BCUT2D eigenvalue weighted by atomic mass is 9.56. The molecular formula is C29H38N4O7. The van der Waals surface area contributed by atoms with E-state index in [0.29, 0.717) is 24.2 Å². The fourth-order valence-corrected chi connectivity index (χ4v) is 7.30. The second-order valence-corrected chi connectivity index (χ2v) is 11.9. The number of fused-ring (bicyclic) bond motifs is 3. The number of rotatable bonds is 5. The van der Waals surface area contributed by atoms with Crippen LogP contribution in [0.15, 0.2) is 29.6 Å². The number of primary amides is 1. The molecule has 0 aromatic heterocycles. The standard InChI is InChI=1S/C29H38N4O7/c1-31(2)18-12-15(13-33-8-6-5-7-9-33)23(34)20-16(18)10-14-11-17-22(32(3)4)25(36)21(28(30)39)27(38)29(17,40)26(37)19(14)24(20)35/h5-6,12,14,17,21-22,25,34,36-37,40H,7-11,13H2,1-4H3,(H2,30,39)/t14-,17-,21?,22-,25?,29-/m0/s1. The summed E-state index contributed by atoms with van der Waals surface area (Å²) in [5, 5.41) is 45.8. The van der Waals surface area contributed by atoms with Crippen molar-refractivity contribution in [3.8, 4) is 5.75 Å². The third-order valence-corrected chi connectivity index (χ3v) is 9.17. The van der Waals surface area contributed by atoms with Crippen molar-refractivity contribution in [2.24, 2.45) is 23.5 Å². The molecule has 1 aromatic carbocycles. The Hall–Kier alpha value is -3.25. The second-order valence-electron chi connectivity index (χ2n) is 11.9. The molecule has 1 heterocycles. The number of aliphatic hydroxyl groups excluding tert-OH is 2. The Kier molecular flexibility index (Phi) is 7.06. The third kappa shape index (κ3) is 4.06. The Labute approximate surface area is 233 Å². The zero-order chi connectivity index (χ0) is 29.3. The molecule has 1 aliphatic heterocycles. The number of carbonyl (C=O) groups is 3. The van der Waals surface area contributed by atoms with Gasteiger partial charge >= 0.3 is 0 Å². The maximum atomic E-state index is 14.1. The van der Waals surface area contributed by atoms with Gasteiger partial charge in [0.05, 0.1) is 11.7 Å². The van der Waals surface area contributed by atoms with Crippen LogP contribution in [-0.4, -0.2) is 107 Å². The molecule has 11 heteroatoms. The number of aromatic hydroxyl groups is 1. The van der Waals surface area contributed by atoms with E-state index in [1.165, 1.54) is 0 Å². The van der Waals surface area contributed by atoms with Gasteiger partial charge in [-0.3, -0.25) is 19.3 Å². The number of benzene rings is 1. The minimum absolute atomic E-state index is 0.0486. The van der Waals surface area contributed by atoms with Crippen molar-refractivity contribution in [2.45, 2.75) is 43.6 Å². The molecule has 1 amide bonds. The van der Waals surface area contributed by atoms with Crippen LogP contribution in [-0.2, 0) is 22.6 Å². The van der Waals surface area contributed by atoms with Crippen molar-refractivity contribution in [1.29, 1.82) is 0 Å². The zero-order valence-corrected chi connectivity index (χ0v) is 23.3. The van der Waals surface area contributed by atoms with E-state index in [4.69, 9.17) is 5.73 Å². The Bertz CT molecular complexity index is 1340. The number of ketones is 2. The molecule has 1 aromatic rings. The molecule has 40 heavy (non-hydrogen) atoms. The molecule has 6 atom stereocenters. The van der Waals surface area contributed by atoms with Gasteiger partial charge in [-0.1, -0.05) is 12.2 Å². The van der Waals surface area contributed by atoms with Crippen LogP contribution in [0.2, 0.25) is 0 Å². The molecule has 0 saturated heterocycles. The largest absolute Gasteiger partial charge is 0.508 e. The van der Waals surface area contributed by atoms with Crippen LogP contribution in [0.25, 0.3) is 0 Å². The lowest BCUT2D eigenvalue weighted by Gasteiger charge is -2.53. The number of phenols is 1. The van der Waals surface area contributed by atoms with Gasteiger partial charge in [-0.25, -0.2) is 0 Å². The highest BCUT2D eigenvalue weighted by atomic mass is 16.3. The molecule has 11 nitrogen and oxygen atoms in total. The number of Topliss-reactive ketones (excluding diaryl/α,β-unsaturated/α-hetero) is 2. The van der Waals surface area contributed by atoms with Gasteiger partial charge in [-0.05, 0) is 50.9 Å². The van der Waals surface area contributed by atoms with E-state index in [9.17, 15) is 34.8 Å².